The number of ether oxygens (including phenoxy) is 1. The molecule has 0 aliphatic heterocycles. The molecule has 0 radical (unpaired) electrons. The quantitative estimate of drug-likeness (QED) is 0.738. The van der Waals surface area contributed by atoms with Gasteiger partial charge in [0.15, 0.2) is 6.61 Å². The topological polar surface area (TPSA) is 121 Å². The van der Waals surface area contributed by atoms with Gasteiger partial charge in [-0.2, -0.15) is 0 Å². The van der Waals surface area contributed by atoms with E-state index in [9.17, 15) is 4.79 Å². The number of para-hydroxylation sites is 1. The highest BCUT2D eigenvalue weighted by Crippen LogP contribution is 2.28. The third-order valence-corrected chi connectivity index (χ3v) is 3.22. The van der Waals surface area contributed by atoms with Gasteiger partial charge in [-0.15, -0.1) is 15.3 Å². The number of rotatable bonds is 5. The van der Waals surface area contributed by atoms with Crippen molar-refractivity contribution >= 4 is 11.8 Å². The molecule has 24 heavy (non-hydrogen) atoms. The van der Waals surface area contributed by atoms with Crippen molar-refractivity contribution in [1.82, 2.24) is 20.0 Å². The normalized spacial score (nSPS) is 10.6. The zero-order valence-electron chi connectivity index (χ0n) is 13.2. The molecule has 0 unspecified atom stereocenters. The molecule has 3 N–H and O–H groups in total. The van der Waals surface area contributed by atoms with Crippen molar-refractivity contribution in [3.63, 3.8) is 0 Å². The summed E-state index contributed by atoms with van der Waals surface area (Å²) in [5.74, 6) is 1.56. The first-order valence-electron chi connectivity index (χ1n) is 7.18. The number of urea groups is 1. The van der Waals surface area contributed by atoms with E-state index in [-0.39, 0.29) is 6.61 Å². The van der Waals surface area contributed by atoms with Crippen molar-refractivity contribution in [1.29, 1.82) is 0 Å². The van der Waals surface area contributed by atoms with Crippen molar-refractivity contribution < 1.29 is 13.9 Å². The molecule has 9 heteroatoms. The Morgan fingerprint density at radius 3 is 2.67 bits per heavy atom. The maximum Gasteiger partial charge on any atom is 0.317 e. The summed E-state index contributed by atoms with van der Waals surface area (Å²) in [6.07, 6.45) is 0. The minimum absolute atomic E-state index is 0.0729. The number of aromatic nitrogens is 4. The summed E-state index contributed by atoms with van der Waals surface area (Å²) in [5, 5.41) is 14.6. The van der Waals surface area contributed by atoms with Crippen LogP contribution in [0.15, 0.2) is 34.7 Å². The zero-order valence-corrected chi connectivity index (χ0v) is 13.2. The molecule has 0 fully saturated rings. The molecule has 0 spiro atoms. The van der Waals surface area contributed by atoms with Crippen LogP contribution in [0.3, 0.4) is 0 Å². The van der Waals surface area contributed by atoms with Gasteiger partial charge in [0, 0.05) is 6.92 Å². The predicted octanol–water partition coefficient (Wildman–Crippen LogP) is 1.94. The SMILES string of the molecule is Cc1nnc(COc2nn(-c3ccccc3)c(NC(N)=O)c2C)o1. The lowest BCUT2D eigenvalue weighted by atomic mass is 10.3. The number of anilines is 1. The molecule has 1 aromatic carbocycles. The highest BCUT2D eigenvalue weighted by atomic mass is 16.5. The Kier molecular flexibility index (Phi) is 4.15. The summed E-state index contributed by atoms with van der Waals surface area (Å²) < 4.78 is 12.5. The van der Waals surface area contributed by atoms with Crippen LogP contribution >= 0.6 is 0 Å². The van der Waals surface area contributed by atoms with Gasteiger partial charge in [-0.3, -0.25) is 5.32 Å². The van der Waals surface area contributed by atoms with Crippen LogP contribution in [0.2, 0.25) is 0 Å². The lowest BCUT2D eigenvalue weighted by Gasteiger charge is -2.07. The van der Waals surface area contributed by atoms with Crippen LogP contribution in [-0.4, -0.2) is 26.0 Å². The number of carbonyl (C=O) groups is 1. The Morgan fingerprint density at radius 2 is 2.04 bits per heavy atom. The molecule has 0 saturated carbocycles. The Hall–Kier alpha value is -3.36. The van der Waals surface area contributed by atoms with Crippen LogP contribution in [0.5, 0.6) is 5.88 Å². The van der Waals surface area contributed by atoms with E-state index in [4.69, 9.17) is 14.9 Å². The first kappa shape index (κ1) is 15.5. The molecule has 0 atom stereocenters. The number of carbonyl (C=O) groups excluding carboxylic acids is 1. The molecule has 0 aliphatic carbocycles. The molecule has 3 rings (SSSR count). The standard InChI is InChI=1S/C15H16N6O3/c1-9-13(17-15(16)22)21(11-6-4-3-5-7-11)20-14(9)23-8-12-19-18-10(2)24-12/h3-7H,8H2,1-2H3,(H3,16,17,22). The smallest absolute Gasteiger partial charge is 0.317 e. The van der Waals surface area contributed by atoms with E-state index in [1.165, 1.54) is 0 Å². The van der Waals surface area contributed by atoms with Crippen LogP contribution in [-0.2, 0) is 6.61 Å². The lowest BCUT2D eigenvalue weighted by molar-refractivity contribution is 0.248. The molecule has 9 nitrogen and oxygen atoms in total. The highest BCUT2D eigenvalue weighted by molar-refractivity contribution is 5.88. The van der Waals surface area contributed by atoms with Crippen LogP contribution in [0.1, 0.15) is 17.3 Å². The fourth-order valence-electron chi connectivity index (χ4n) is 2.16. The van der Waals surface area contributed by atoms with Gasteiger partial charge in [0.1, 0.15) is 5.82 Å². The van der Waals surface area contributed by atoms with E-state index in [1.54, 1.807) is 18.5 Å². The van der Waals surface area contributed by atoms with Crippen molar-refractivity contribution in [3.05, 3.63) is 47.7 Å². The van der Waals surface area contributed by atoms with Crippen LogP contribution < -0.4 is 15.8 Å². The molecule has 2 heterocycles. The monoisotopic (exact) mass is 328 g/mol. The summed E-state index contributed by atoms with van der Waals surface area (Å²) in [6, 6.07) is 8.63. The Balaban J connectivity index is 1.92. The first-order valence-corrected chi connectivity index (χ1v) is 7.18. The minimum Gasteiger partial charge on any atom is -0.466 e. The second-order valence-electron chi connectivity index (χ2n) is 5.02. The maximum atomic E-state index is 11.3. The highest BCUT2D eigenvalue weighted by Gasteiger charge is 2.18. The third-order valence-electron chi connectivity index (χ3n) is 3.22. The average Bonchev–Trinajstić information content (AvgIpc) is 3.11. The van der Waals surface area contributed by atoms with E-state index >= 15 is 0 Å². The summed E-state index contributed by atoms with van der Waals surface area (Å²) in [4.78, 5) is 11.3. The maximum absolute atomic E-state index is 11.3. The zero-order chi connectivity index (χ0) is 17.1. The number of benzene rings is 1. The Bertz CT molecular complexity index is 855. The number of amides is 2. The molecule has 0 aliphatic rings. The Labute approximate surface area is 137 Å². The molecule has 0 bridgehead atoms. The molecule has 124 valence electrons. The van der Waals surface area contributed by atoms with Crippen LogP contribution in [0.25, 0.3) is 5.69 Å². The third kappa shape index (κ3) is 3.19. The summed E-state index contributed by atoms with van der Waals surface area (Å²) in [6.45, 7) is 3.54. The van der Waals surface area contributed by atoms with Gasteiger partial charge in [-0.1, -0.05) is 18.2 Å². The first-order chi connectivity index (χ1) is 11.5. The van der Waals surface area contributed by atoms with Gasteiger partial charge < -0.3 is 14.9 Å². The van der Waals surface area contributed by atoms with Gasteiger partial charge in [-0.05, 0) is 19.1 Å². The number of hydrogen-bond acceptors (Lipinski definition) is 6. The molecular formula is C15H16N6O3. The lowest BCUT2D eigenvalue weighted by Crippen LogP contribution is -2.21. The second kappa shape index (κ2) is 6.41. The van der Waals surface area contributed by atoms with Crippen molar-refractivity contribution in [3.8, 4) is 11.6 Å². The summed E-state index contributed by atoms with van der Waals surface area (Å²) in [7, 11) is 0. The molecule has 2 amide bonds. The van der Waals surface area contributed by atoms with E-state index in [0.29, 0.717) is 29.0 Å². The Morgan fingerprint density at radius 1 is 1.29 bits per heavy atom. The minimum atomic E-state index is -0.686. The van der Waals surface area contributed by atoms with Crippen molar-refractivity contribution in [2.75, 3.05) is 5.32 Å². The molecule has 0 saturated heterocycles. The van der Waals surface area contributed by atoms with Crippen LogP contribution in [0, 0.1) is 13.8 Å². The number of primary amides is 1. The van der Waals surface area contributed by atoms with E-state index in [2.05, 4.69) is 20.6 Å². The van der Waals surface area contributed by atoms with E-state index in [0.717, 1.165) is 5.69 Å². The molecule has 2 aromatic heterocycles. The fourth-order valence-corrected chi connectivity index (χ4v) is 2.16. The molecular weight excluding hydrogens is 312 g/mol. The average molecular weight is 328 g/mol. The number of hydrogen-bond donors (Lipinski definition) is 2. The largest absolute Gasteiger partial charge is 0.466 e. The number of nitrogens with two attached hydrogens (primary N) is 1. The fraction of sp³-hybridized carbons (Fsp3) is 0.200. The summed E-state index contributed by atoms with van der Waals surface area (Å²) >= 11 is 0. The van der Waals surface area contributed by atoms with E-state index < -0.39 is 6.03 Å². The van der Waals surface area contributed by atoms with Gasteiger partial charge in [-0.25, -0.2) is 9.48 Å². The molecule has 3 aromatic rings. The van der Waals surface area contributed by atoms with Crippen molar-refractivity contribution in [2.45, 2.75) is 20.5 Å². The predicted molar refractivity (Wildman–Crippen MR) is 84.9 cm³/mol. The van der Waals surface area contributed by atoms with Gasteiger partial charge in [0.2, 0.25) is 11.8 Å². The van der Waals surface area contributed by atoms with Gasteiger partial charge in [0.05, 0.1) is 11.3 Å². The number of aryl methyl sites for hydroxylation is 1. The van der Waals surface area contributed by atoms with Crippen molar-refractivity contribution in [2.24, 2.45) is 5.73 Å². The van der Waals surface area contributed by atoms with E-state index in [1.807, 2.05) is 30.3 Å². The second-order valence-corrected chi connectivity index (χ2v) is 5.02. The van der Waals surface area contributed by atoms with Crippen LogP contribution in [0.4, 0.5) is 10.6 Å². The number of nitrogens with one attached hydrogen (secondary N) is 1. The van der Waals surface area contributed by atoms with Gasteiger partial charge >= 0.3 is 6.03 Å². The van der Waals surface area contributed by atoms with Gasteiger partial charge in [0.25, 0.3) is 5.89 Å². The number of nitrogens with zero attached hydrogens (tertiary/aromatic N) is 4. The summed E-state index contributed by atoms with van der Waals surface area (Å²) in [5.41, 5.74) is 6.64.